The average molecular weight is 341 g/mol. The maximum absolute atomic E-state index is 12.2. The molecule has 0 atom stereocenters. The maximum atomic E-state index is 12.2. The molecule has 0 heterocycles. The minimum Gasteiger partial charge on any atom is -0.465 e. The van der Waals surface area contributed by atoms with Crippen molar-refractivity contribution in [1.29, 1.82) is 0 Å². The van der Waals surface area contributed by atoms with Crippen molar-refractivity contribution >= 4 is 5.97 Å². The summed E-state index contributed by atoms with van der Waals surface area (Å²) in [6, 6.07) is 10.6. The van der Waals surface area contributed by atoms with Gasteiger partial charge in [0.05, 0.1) is 12.7 Å². The number of hydrogen-bond acceptors (Lipinski definition) is 3. The summed E-state index contributed by atoms with van der Waals surface area (Å²) in [5, 5.41) is 0. The van der Waals surface area contributed by atoms with Crippen LogP contribution in [0.15, 0.2) is 30.3 Å². The van der Waals surface area contributed by atoms with Gasteiger partial charge < -0.3 is 10.5 Å². The first kappa shape index (κ1) is 19.5. The van der Waals surface area contributed by atoms with E-state index < -0.39 is 0 Å². The first-order valence-electron chi connectivity index (χ1n) is 9.42. The van der Waals surface area contributed by atoms with Crippen LogP contribution in [0.5, 0.6) is 0 Å². The Morgan fingerprint density at radius 2 is 1.64 bits per heavy atom. The molecule has 3 nitrogen and oxygen atoms in total. The first-order valence-corrected chi connectivity index (χ1v) is 9.42. The van der Waals surface area contributed by atoms with Gasteiger partial charge in [-0.3, -0.25) is 0 Å². The van der Waals surface area contributed by atoms with Crippen LogP contribution in [0.2, 0.25) is 0 Å². The Balaban J connectivity index is 2.22. The second-order valence-corrected chi connectivity index (χ2v) is 7.03. The van der Waals surface area contributed by atoms with Gasteiger partial charge in [-0.1, -0.05) is 57.4 Å². The van der Waals surface area contributed by atoms with Crippen LogP contribution in [0.4, 0.5) is 0 Å². The minimum atomic E-state index is -0.253. The Hall–Kier alpha value is -1.87. The van der Waals surface area contributed by atoms with Crippen molar-refractivity contribution in [3.63, 3.8) is 0 Å². The lowest BCUT2D eigenvalue weighted by atomic mass is 10.0. The van der Waals surface area contributed by atoms with Crippen LogP contribution in [-0.4, -0.2) is 19.6 Å². The Labute approximate surface area is 151 Å². The normalized spacial score (nSPS) is 11.2. The van der Waals surface area contributed by atoms with E-state index in [4.69, 9.17) is 10.5 Å². The predicted octanol–water partition coefficient (Wildman–Crippen LogP) is 5.15. The molecule has 0 saturated carbocycles. The van der Waals surface area contributed by atoms with E-state index in [1.54, 1.807) is 0 Å². The second-order valence-electron chi connectivity index (χ2n) is 7.03. The van der Waals surface area contributed by atoms with E-state index in [0.717, 1.165) is 31.4 Å². The van der Waals surface area contributed by atoms with Crippen LogP contribution in [0, 0.1) is 0 Å². The number of ether oxygens (including phenoxy) is 1. The molecule has 0 aromatic rings. The molecule has 0 spiro atoms. The molecule has 0 amide bonds. The molecule has 2 aliphatic carbocycles. The number of methoxy groups -OCH3 is 1. The summed E-state index contributed by atoms with van der Waals surface area (Å²) in [5.74, 6) is 0.209. The first-order chi connectivity index (χ1) is 12.1. The second kappa shape index (κ2) is 9.57. The zero-order valence-electron chi connectivity index (χ0n) is 15.8. The lowest BCUT2D eigenvalue weighted by Gasteiger charge is -2.03. The molecule has 136 valence electrons. The fraction of sp³-hybridized carbons (Fsp3) is 0.500. The molecular weight excluding hydrogens is 310 g/mol. The summed E-state index contributed by atoms with van der Waals surface area (Å²) in [7, 11) is 1.45. The van der Waals surface area contributed by atoms with E-state index in [-0.39, 0.29) is 5.97 Å². The van der Waals surface area contributed by atoms with Crippen molar-refractivity contribution < 1.29 is 9.53 Å². The van der Waals surface area contributed by atoms with Gasteiger partial charge >= 0.3 is 5.97 Å². The third-order valence-electron chi connectivity index (χ3n) is 4.85. The molecule has 2 aliphatic rings. The number of esters is 1. The van der Waals surface area contributed by atoms with Gasteiger partial charge in [0.1, 0.15) is 0 Å². The largest absolute Gasteiger partial charge is 0.465 e. The predicted molar refractivity (Wildman–Crippen MR) is 104 cm³/mol. The van der Waals surface area contributed by atoms with E-state index in [9.17, 15) is 4.79 Å². The van der Waals surface area contributed by atoms with Crippen molar-refractivity contribution in [3.05, 3.63) is 47.0 Å². The highest BCUT2D eigenvalue weighted by atomic mass is 16.5. The van der Waals surface area contributed by atoms with Gasteiger partial charge in [0.15, 0.2) is 0 Å². The van der Waals surface area contributed by atoms with Gasteiger partial charge in [-0.05, 0) is 60.0 Å². The fourth-order valence-electron chi connectivity index (χ4n) is 3.30. The number of carbonyl (C=O) groups is 1. The molecule has 2 rings (SSSR count). The zero-order valence-corrected chi connectivity index (χ0v) is 15.8. The van der Waals surface area contributed by atoms with Gasteiger partial charge in [0.25, 0.3) is 0 Å². The van der Waals surface area contributed by atoms with Gasteiger partial charge in [0.2, 0.25) is 0 Å². The monoisotopic (exact) mass is 341 g/mol. The van der Waals surface area contributed by atoms with Gasteiger partial charge in [0, 0.05) is 0 Å². The molecule has 0 radical (unpaired) electrons. The third kappa shape index (κ3) is 5.05. The Kier molecular flexibility index (Phi) is 7.45. The zero-order chi connectivity index (χ0) is 18.2. The van der Waals surface area contributed by atoms with Crippen LogP contribution in [0.3, 0.4) is 0 Å². The third-order valence-corrected chi connectivity index (χ3v) is 4.85. The standard InChI is InChI=1S/C22H31NO2/c1-16(2)17-10-12-19-18(9-7-5-4-6-8-14-23)15-21(22(24)25-3)20(19)13-11-17/h10-13,15-16H,4-9,14,23H2,1-3H3. The molecular formula is C22H31NO2. The Morgan fingerprint density at radius 1 is 1.00 bits per heavy atom. The number of nitrogens with two attached hydrogens (primary N) is 1. The molecule has 0 aliphatic heterocycles. The number of hydrogen-bond donors (Lipinski definition) is 1. The lowest BCUT2D eigenvalue weighted by molar-refractivity contribution is 0.0602. The Morgan fingerprint density at radius 3 is 2.28 bits per heavy atom. The highest BCUT2D eigenvalue weighted by molar-refractivity contribution is 6.00. The van der Waals surface area contributed by atoms with Crippen molar-refractivity contribution in [2.45, 2.75) is 58.3 Å². The molecule has 0 aromatic carbocycles. The smallest absolute Gasteiger partial charge is 0.338 e. The molecule has 2 N–H and O–H groups in total. The molecule has 0 bridgehead atoms. The van der Waals surface area contributed by atoms with Crippen molar-refractivity contribution in [1.82, 2.24) is 0 Å². The van der Waals surface area contributed by atoms with E-state index in [1.165, 1.54) is 43.1 Å². The number of rotatable bonds is 9. The Bertz CT molecular complexity index is 663. The highest BCUT2D eigenvalue weighted by Crippen LogP contribution is 2.34. The van der Waals surface area contributed by atoms with Crippen molar-refractivity contribution in [2.24, 2.45) is 5.73 Å². The van der Waals surface area contributed by atoms with Crippen LogP contribution in [-0.2, 0) is 11.2 Å². The van der Waals surface area contributed by atoms with E-state index in [1.807, 2.05) is 6.07 Å². The summed E-state index contributed by atoms with van der Waals surface area (Å²) < 4.78 is 4.99. The van der Waals surface area contributed by atoms with Crippen molar-refractivity contribution in [3.8, 4) is 11.1 Å². The van der Waals surface area contributed by atoms with Crippen molar-refractivity contribution in [2.75, 3.05) is 13.7 Å². The van der Waals surface area contributed by atoms with Crippen LogP contribution < -0.4 is 5.73 Å². The molecule has 0 unspecified atom stereocenters. The van der Waals surface area contributed by atoms with Gasteiger partial charge in [-0.15, -0.1) is 0 Å². The van der Waals surface area contributed by atoms with Crippen LogP contribution in [0.25, 0.3) is 11.1 Å². The summed E-state index contributed by atoms with van der Waals surface area (Å²) >= 11 is 0. The topological polar surface area (TPSA) is 52.3 Å². The summed E-state index contributed by atoms with van der Waals surface area (Å²) in [4.78, 5) is 12.2. The molecule has 3 heteroatoms. The summed E-state index contributed by atoms with van der Waals surface area (Å²) in [6.07, 6.45) is 6.89. The maximum Gasteiger partial charge on any atom is 0.338 e. The number of fused-ring (bicyclic) bond motifs is 1. The SMILES string of the molecule is COC(=O)c1cc(CCCCCCCN)c2ccc(C(C)C)ccc1-2. The summed E-state index contributed by atoms with van der Waals surface area (Å²) in [6.45, 7) is 5.15. The quantitative estimate of drug-likeness (QED) is 0.507. The molecule has 0 saturated heterocycles. The number of carbonyl (C=O) groups excluding carboxylic acids is 1. The molecule has 0 fully saturated rings. The molecule has 0 aromatic heterocycles. The minimum absolute atomic E-state index is 0.253. The van der Waals surface area contributed by atoms with E-state index >= 15 is 0 Å². The van der Waals surface area contributed by atoms with Gasteiger partial charge in [-0.25, -0.2) is 4.79 Å². The van der Waals surface area contributed by atoms with Gasteiger partial charge in [-0.2, -0.15) is 0 Å². The highest BCUT2D eigenvalue weighted by Gasteiger charge is 2.20. The summed E-state index contributed by atoms with van der Waals surface area (Å²) in [5.41, 5.74) is 10.9. The molecule has 25 heavy (non-hydrogen) atoms. The number of aryl methyl sites for hydroxylation is 1. The van der Waals surface area contributed by atoms with Crippen LogP contribution >= 0.6 is 0 Å². The van der Waals surface area contributed by atoms with Crippen LogP contribution in [0.1, 0.15) is 73.4 Å². The van der Waals surface area contributed by atoms with E-state index in [0.29, 0.717) is 11.5 Å². The fourth-order valence-corrected chi connectivity index (χ4v) is 3.30. The number of unbranched alkanes of at least 4 members (excludes halogenated alkanes) is 4. The lowest BCUT2D eigenvalue weighted by Crippen LogP contribution is -2.00. The average Bonchev–Trinajstić information content (AvgIpc) is 2.79. The van der Waals surface area contributed by atoms with E-state index in [2.05, 4.69) is 38.1 Å².